The van der Waals surface area contributed by atoms with Crippen LogP contribution in [0.3, 0.4) is 0 Å². The van der Waals surface area contributed by atoms with Gasteiger partial charge in [0.05, 0.1) is 0 Å². The molecule has 3 N–H and O–H groups in total. The van der Waals surface area contributed by atoms with Crippen molar-refractivity contribution in [3.8, 4) is 5.75 Å². The number of carbonyl (C=O) groups excluding carboxylic acids is 4. The second kappa shape index (κ2) is 10.9. The van der Waals surface area contributed by atoms with E-state index in [0.717, 1.165) is 0 Å². The first-order chi connectivity index (χ1) is 15.0. The highest BCUT2D eigenvalue weighted by molar-refractivity contribution is 6.04. The summed E-state index contributed by atoms with van der Waals surface area (Å²) in [4.78, 5) is 47.1. The van der Waals surface area contributed by atoms with Crippen LogP contribution in [0.4, 0.5) is 16.2 Å². The molecule has 2 aromatic carbocycles. The number of hydrogen-bond acceptors (Lipinski definition) is 6. The fourth-order valence-electron chi connectivity index (χ4n) is 2.52. The summed E-state index contributed by atoms with van der Waals surface area (Å²) in [6.07, 6.45) is -0.500. The summed E-state index contributed by atoms with van der Waals surface area (Å²) in [5, 5.41) is 7.96. The molecule has 0 saturated carbocycles. The van der Waals surface area contributed by atoms with Crippen molar-refractivity contribution in [2.24, 2.45) is 0 Å². The molecule has 2 aromatic rings. The first kappa shape index (κ1) is 24.4. The van der Waals surface area contributed by atoms with Crippen LogP contribution in [-0.4, -0.2) is 36.0 Å². The summed E-state index contributed by atoms with van der Waals surface area (Å²) in [6, 6.07) is 12.8. The van der Waals surface area contributed by atoms with Crippen molar-refractivity contribution in [1.82, 2.24) is 5.32 Å². The monoisotopic (exact) mass is 441 g/mol. The van der Waals surface area contributed by atoms with Gasteiger partial charge < -0.3 is 25.4 Å². The number of nitrogens with one attached hydrogen (secondary N) is 3. The van der Waals surface area contributed by atoms with Gasteiger partial charge in [0.15, 0.2) is 0 Å². The number of ether oxygens (including phenoxy) is 2. The van der Waals surface area contributed by atoms with Crippen molar-refractivity contribution >= 4 is 35.3 Å². The van der Waals surface area contributed by atoms with E-state index in [-0.39, 0.29) is 30.5 Å². The molecule has 32 heavy (non-hydrogen) atoms. The Morgan fingerprint density at radius 2 is 1.53 bits per heavy atom. The third kappa shape index (κ3) is 8.86. The first-order valence-electron chi connectivity index (χ1n) is 9.98. The standard InChI is InChI=1S/C23H27N3O6/c1-15(27)31-19-7-5-6-16(14-19)21(29)26-18-10-8-17(9-11-18)25-20(28)12-13-24-22(30)32-23(2,3)4/h5-11,14H,12-13H2,1-4H3,(H,24,30)(H,25,28)(H,26,29). The Morgan fingerprint density at radius 1 is 0.906 bits per heavy atom. The van der Waals surface area contributed by atoms with Crippen LogP contribution in [0.25, 0.3) is 0 Å². The highest BCUT2D eigenvalue weighted by Gasteiger charge is 2.16. The second-order valence-electron chi connectivity index (χ2n) is 7.88. The Kier molecular flexibility index (Phi) is 8.34. The molecule has 0 aromatic heterocycles. The normalized spacial score (nSPS) is 10.6. The molecular formula is C23H27N3O6. The van der Waals surface area contributed by atoms with Gasteiger partial charge in [0, 0.05) is 36.8 Å². The summed E-state index contributed by atoms with van der Waals surface area (Å²) < 4.78 is 10.1. The lowest BCUT2D eigenvalue weighted by Crippen LogP contribution is -2.34. The Balaban J connectivity index is 1.83. The SMILES string of the molecule is CC(=O)Oc1cccc(C(=O)Nc2ccc(NC(=O)CCNC(=O)OC(C)(C)C)cc2)c1. The minimum Gasteiger partial charge on any atom is -0.444 e. The molecule has 0 spiro atoms. The molecule has 9 nitrogen and oxygen atoms in total. The van der Waals surface area contributed by atoms with E-state index in [1.807, 2.05) is 0 Å². The Hall–Kier alpha value is -3.88. The molecule has 0 radical (unpaired) electrons. The number of amides is 3. The molecule has 0 atom stereocenters. The van der Waals surface area contributed by atoms with Gasteiger partial charge in [0.1, 0.15) is 11.4 Å². The number of anilines is 2. The highest BCUT2D eigenvalue weighted by Crippen LogP contribution is 2.17. The predicted octanol–water partition coefficient (Wildman–Crippen LogP) is 3.72. The van der Waals surface area contributed by atoms with Gasteiger partial charge in [0.25, 0.3) is 5.91 Å². The Morgan fingerprint density at radius 3 is 2.12 bits per heavy atom. The lowest BCUT2D eigenvalue weighted by atomic mass is 10.2. The van der Waals surface area contributed by atoms with Gasteiger partial charge in [-0.1, -0.05) is 6.07 Å². The van der Waals surface area contributed by atoms with Crippen LogP contribution < -0.4 is 20.7 Å². The van der Waals surface area contributed by atoms with E-state index in [9.17, 15) is 19.2 Å². The van der Waals surface area contributed by atoms with Gasteiger partial charge in [-0.15, -0.1) is 0 Å². The summed E-state index contributed by atoms with van der Waals surface area (Å²) in [6.45, 7) is 6.69. The Labute approximate surface area is 186 Å². The number of hydrogen-bond donors (Lipinski definition) is 3. The zero-order valence-electron chi connectivity index (χ0n) is 18.5. The first-order valence-corrected chi connectivity index (χ1v) is 9.98. The van der Waals surface area contributed by atoms with Crippen molar-refractivity contribution in [1.29, 1.82) is 0 Å². The maximum absolute atomic E-state index is 12.4. The lowest BCUT2D eigenvalue weighted by Gasteiger charge is -2.19. The van der Waals surface area contributed by atoms with E-state index in [1.54, 1.807) is 63.2 Å². The van der Waals surface area contributed by atoms with Gasteiger partial charge in [-0.25, -0.2) is 4.79 Å². The smallest absolute Gasteiger partial charge is 0.407 e. The molecule has 9 heteroatoms. The second-order valence-corrected chi connectivity index (χ2v) is 7.88. The summed E-state index contributed by atoms with van der Waals surface area (Å²) in [7, 11) is 0. The average molecular weight is 441 g/mol. The van der Waals surface area contributed by atoms with Crippen molar-refractivity contribution in [2.75, 3.05) is 17.2 Å². The van der Waals surface area contributed by atoms with Crippen LogP contribution in [0.1, 0.15) is 44.5 Å². The maximum atomic E-state index is 12.4. The third-order valence-electron chi connectivity index (χ3n) is 3.80. The predicted molar refractivity (Wildman–Crippen MR) is 120 cm³/mol. The molecule has 0 heterocycles. The van der Waals surface area contributed by atoms with Crippen LogP contribution in [0.2, 0.25) is 0 Å². The van der Waals surface area contributed by atoms with Gasteiger partial charge in [0.2, 0.25) is 5.91 Å². The lowest BCUT2D eigenvalue weighted by molar-refractivity contribution is -0.131. The van der Waals surface area contributed by atoms with Crippen molar-refractivity contribution in [3.63, 3.8) is 0 Å². The molecule has 0 fully saturated rings. The van der Waals surface area contributed by atoms with Crippen molar-refractivity contribution in [3.05, 3.63) is 54.1 Å². The molecule has 0 aliphatic carbocycles. The summed E-state index contributed by atoms with van der Waals surface area (Å²) >= 11 is 0. The fourth-order valence-corrected chi connectivity index (χ4v) is 2.52. The van der Waals surface area contributed by atoms with E-state index in [0.29, 0.717) is 16.9 Å². The molecule has 0 saturated heterocycles. The van der Waals surface area contributed by atoms with E-state index in [2.05, 4.69) is 16.0 Å². The minimum absolute atomic E-state index is 0.0798. The minimum atomic E-state index is -0.603. The van der Waals surface area contributed by atoms with Crippen LogP contribution in [0.5, 0.6) is 5.75 Å². The van der Waals surface area contributed by atoms with Crippen molar-refractivity contribution in [2.45, 2.75) is 39.7 Å². The summed E-state index contributed by atoms with van der Waals surface area (Å²) in [5.74, 6) is -0.839. The van der Waals surface area contributed by atoms with Gasteiger partial charge in [-0.05, 0) is 63.2 Å². The summed E-state index contributed by atoms with van der Waals surface area (Å²) in [5.41, 5.74) is 0.799. The highest BCUT2D eigenvalue weighted by atomic mass is 16.6. The van der Waals surface area contributed by atoms with E-state index >= 15 is 0 Å². The van der Waals surface area contributed by atoms with Crippen LogP contribution in [-0.2, 0) is 14.3 Å². The molecule has 2 rings (SSSR count). The van der Waals surface area contributed by atoms with E-state index < -0.39 is 17.7 Å². The van der Waals surface area contributed by atoms with E-state index in [1.165, 1.54) is 13.0 Å². The van der Waals surface area contributed by atoms with Crippen LogP contribution in [0, 0.1) is 0 Å². The molecule has 0 aliphatic heterocycles. The molecule has 0 aliphatic rings. The van der Waals surface area contributed by atoms with Crippen LogP contribution in [0.15, 0.2) is 48.5 Å². The molecule has 3 amide bonds. The number of alkyl carbamates (subject to hydrolysis) is 1. The number of esters is 1. The van der Waals surface area contributed by atoms with Gasteiger partial charge in [-0.2, -0.15) is 0 Å². The number of carbonyl (C=O) groups is 4. The van der Waals surface area contributed by atoms with E-state index in [4.69, 9.17) is 9.47 Å². The zero-order chi connectivity index (χ0) is 23.7. The maximum Gasteiger partial charge on any atom is 0.407 e. The fraction of sp³-hybridized carbons (Fsp3) is 0.304. The number of benzene rings is 2. The quantitative estimate of drug-likeness (QED) is 0.445. The van der Waals surface area contributed by atoms with Gasteiger partial charge in [-0.3, -0.25) is 14.4 Å². The largest absolute Gasteiger partial charge is 0.444 e. The zero-order valence-corrected chi connectivity index (χ0v) is 18.5. The van der Waals surface area contributed by atoms with Crippen LogP contribution >= 0.6 is 0 Å². The third-order valence-corrected chi connectivity index (χ3v) is 3.80. The molecule has 170 valence electrons. The average Bonchev–Trinajstić information content (AvgIpc) is 2.67. The topological polar surface area (TPSA) is 123 Å². The van der Waals surface area contributed by atoms with Gasteiger partial charge >= 0.3 is 12.1 Å². The Bertz CT molecular complexity index is 980. The molecular weight excluding hydrogens is 414 g/mol. The number of rotatable bonds is 7. The molecule has 0 unspecified atom stereocenters. The molecule has 0 bridgehead atoms. The van der Waals surface area contributed by atoms with Crippen molar-refractivity contribution < 1.29 is 28.7 Å².